The zero-order chi connectivity index (χ0) is 15.4. The predicted molar refractivity (Wildman–Crippen MR) is 94.6 cm³/mol. The number of thiocarbonyl (C=S) groups is 1. The normalized spacial score (nSPS) is 10.1. The number of methoxy groups -OCH3 is 1. The molecule has 0 fully saturated rings. The minimum absolute atomic E-state index is 0.276. The Kier molecular flexibility index (Phi) is 5.55. The molecule has 7 heteroatoms. The van der Waals surface area contributed by atoms with E-state index in [9.17, 15) is 4.39 Å². The molecule has 2 rings (SSSR count). The lowest BCUT2D eigenvalue weighted by molar-refractivity contribution is 0.415. The van der Waals surface area contributed by atoms with Crippen LogP contribution in [0, 0.1) is 5.82 Å². The molecule has 0 unspecified atom stereocenters. The smallest absolute Gasteiger partial charge is 0.175 e. The summed E-state index contributed by atoms with van der Waals surface area (Å²) < 4.78 is 20.2. The van der Waals surface area contributed by atoms with Gasteiger partial charge in [0.2, 0.25) is 0 Å². The van der Waals surface area contributed by atoms with E-state index in [1.165, 1.54) is 6.07 Å². The largest absolute Gasteiger partial charge is 0.497 e. The zero-order valence-corrected chi connectivity index (χ0v) is 14.9. The second-order valence-corrected chi connectivity index (χ2v) is 6.23. The minimum atomic E-state index is -0.411. The van der Waals surface area contributed by atoms with Crippen LogP contribution in [0.2, 0.25) is 0 Å². The average molecular weight is 434 g/mol. The van der Waals surface area contributed by atoms with Gasteiger partial charge in [0, 0.05) is 20.7 Å². The lowest BCUT2D eigenvalue weighted by Crippen LogP contribution is -2.20. The number of rotatable bonds is 3. The van der Waals surface area contributed by atoms with Gasteiger partial charge in [0.05, 0.1) is 12.8 Å². The first-order chi connectivity index (χ1) is 9.99. The molecule has 0 aliphatic heterocycles. The Balaban J connectivity index is 2.12. The van der Waals surface area contributed by atoms with E-state index < -0.39 is 5.82 Å². The van der Waals surface area contributed by atoms with E-state index in [4.69, 9.17) is 17.0 Å². The first-order valence-electron chi connectivity index (χ1n) is 5.86. The fraction of sp³-hybridized carbons (Fsp3) is 0.0714. The molecule has 0 atom stereocenters. The van der Waals surface area contributed by atoms with Gasteiger partial charge in [-0.1, -0.05) is 22.0 Å². The highest BCUT2D eigenvalue weighted by molar-refractivity contribution is 9.11. The first-order valence-corrected chi connectivity index (χ1v) is 7.85. The van der Waals surface area contributed by atoms with Crippen molar-refractivity contribution in [3.63, 3.8) is 0 Å². The van der Waals surface area contributed by atoms with Crippen molar-refractivity contribution in [1.29, 1.82) is 0 Å². The standard InChI is InChI=1S/C14H11Br2FN2OS/c1-20-10-4-2-3-9(7-10)18-14(21)19-13-11(16)5-8(15)6-12(13)17/h2-7H,1H3,(H2,18,19,21). The van der Waals surface area contributed by atoms with Crippen molar-refractivity contribution < 1.29 is 9.13 Å². The number of halogens is 3. The van der Waals surface area contributed by atoms with E-state index in [1.807, 2.05) is 18.2 Å². The van der Waals surface area contributed by atoms with E-state index in [0.717, 1.165) is 5.69 Å². The third-order valence-electron chi connectivity index (χ3n) is 2.57. The summed E-state index contributed by atoms with van der Waals surface area (Å²) >= 11 is 11.7. The van der Waals surface area contributed by atoms with Crippen molar-refractivity contribution in [3.05, 3.63) is 51.2 Å². The Morgan fingerprint density at radius 1 is 1.19 bits per heavy atom. The van der Waals surface area contributed by atoms with Gasteiger partial charge < -0.3 is 15.4 Å². The van der Waals surface area contributed by atoms with Crippen LogP contribution in [-0.2, 0) is 0 Å². The Hall–Kier alpha value is -1.18. The van der Waals surface area contributed by atoms with E-state index in [0.29, 0.717) is 14.7 Å². The van der Waals surface area contributed by atoms with E-state index >= 15 is 0 Å². The van der Waals surface area contributed by atoms with Gasteiger partial charge in [-0.2, -0.15) is 0 Å². The third-order valence-corrected chi connectivity index (χ3v) is 3.86. The first kappa shape index (κ1) is 16.2. The van der Waals surface area contributed by atoms with Gasteiger partial charge >= 0.3 is 0 Å². The quantitative estimate of drug-likeness (QED) is 0.654. The summed E-state index contributed by atoms with van der Waals surface area (Å²) in [7, 11) is 1.59. The summed E-state index contributed by atoms with van der Waals surface area (Å²) in [5.41, 5.74) is 1.03. The molecule has 0 bridgehead atoms. The molecule has 0 amide bonds. The Labute approximate surface area is 144 Å². The number of hydrogen-bond donors (Lipinski definition) is 2. The van der Waals surface area contributed by atoms with Crippen LogP contribution >= 0.6 is 44.1 Å². The van der Waals surface area contributed by atoms with Crippen LogP contribution in [-0.4, -0.2) is 12.2 Å². The SMILES string of the molecule is COc1cccc(NC(=S)Nc2c(F)cc(Br)cc2Br)c1. The lowest BCUT2D eigenvalue weighted by atomic mass is 10.3. The molecule has 0 radical (unpaired) electrons. The molecule has 3 nitrogen and oxygen atoms in total. The van der Waals surface area contributed by atoms with Crippen LogP contribution in [0.5, 0.6) is 5.75 Å². The summed E-state index contributed by atoms with van der Waals surface area (Å²) in [6.07, 6.45) is 0. The summed E-state index contributed by atoms with van der Waals surface area (Å²) in [6.45, 7) is 0. The molecule has 0 saturated carbocycles. The second kappa shape index (κ2) is 7.20. The lowest BCUT2D eigenvalue weighted by Gasteiger charge is -2.13. The van der Waals surface area contributed by atoms with Crippen LogP contribution < -0.4 is 15.4 Å². The molecule has 0 heterocycles. The van der Waals surface area contributed by atoms with Crippen molar-refractivity contribution in [3.8, 4) is 5.75 Å². The van der Waals surface area contributed by atoms with E-state index in [-0.39, 0.29) is 10.8 Å². The molecular weight excluding hydrogens is 423 g/mol. The highest BCUT2D eigenvalue weighted by atomic mass is 79.9. The van der Waals surface area contributed by atoms with Crippen LogP contribution in [0.3, 0.4) is 0 Å². The molecular formula is C14H11Br2FN2OS. The fourth-order valence-electron chi connectivity index (χ4n) is 1.64. The van der Waals surface area contributed by atoms with Crippen molar-refractivity contribution in [2.24, 2.45) is 0 Å². The van der Waals surface area contributed by atoms with Gasteiger partial charge in [-0.25, -0.2) is 4.39 Å². The monoisotopic (exact) mass is 432 g/mol. The summed E-state index contributed by atoms with van der Waals surface area (Å²) in [5, 5.41) is 6.09. The molecule has 110 valence electrons. The summed E-state index contributed by atoms with van der Waals surface area (Å²) in [5.74, 6) is 0.296. The maximum absolute atomic E-state index is 13.9. The van der Waals surface area contributed by atoms with Crippen LogP contribution in [0.4, 0.5) is 15.8 Å². The number of benzene rings is 2. The molecule has 2 aromatic carbocycles. The van der Waals surface area contributed by atoms with Crippen molar-refractivity contribution >= 4 is 60.6 Å². The Morgan fingerprint density at radius 3 is 2.62 bits per heavy atom. The second-order valence-electron chi connectivity index (χ2n) is 4.06. The molecule has 0 spiro atoms. The molecule has 0 aliphatic carbocycles. The van der Waals surface area contributed by atoms with Gasteiger partial charge in [0.15, 0.2) is 5.11 Å². The van der Waals surface area contributed by atoms with Gasteiger partial charge in [-0.3, -0.25) is 0 Å². The third kappa shape index (κ3) is 4.39. The van der Waals surface area contributed by atoms with Crippen molar-refractivity contribution in [2.45, 2.75) is 0 Å². The fourth-order valence-corrected chi connectivity index (χ4v) is 3.13. The molecule has 21 heavy (non-hydrogen) atoms. The average Bonchev–Trinajstić information content (AvgIpc) is 2.43. The maximum atomic E-state index is 13.9. The number of hydrogen-bond acceptors (Lipinski definition) is 2. The maximum Gasteiger partial charge on any atom is 0.175 e. The summed E-state index contributed by atoms with van der Waals surface area (Å²) in [4.78, 5) is 0. The van der Waals surface area contributed by atoms with E-state index in [2.05, 4.69) is 42.5 Å². The zero-order valence-electron chi connectivity index (χ0n) is 10.9. The number of ether oxygens (including phenoxy) is 1. The van der Waals surface area contributed by atoms with Gasteiger partial charge in [0.25, 0.3) is 0 Å². The molecule has 0 aliphatic rings. The van der Waals surface area contributed by atoms with Crippen molar-refractivity contribution in [1.82, 2.24) is 0 Å². The molecule has 0 saturated heterocycles. The van der Waals surface area contributed by atoms with Gasteiger partial charge in [0.1, 0.15) is 11.6 Å². The molecule has 0 aromatic heterocycles. The van der Waals surface area contributed by atoms with E-state index in [1.54, 1.807) is 19.2 Å². The summed E-state index contributed by atoms with van der Waals surface area (Å²) in [6, 6.07) is 10.4. The van der Waals surface area contributed by atoms with Crippen LogP contribution in [0.1, 0.15) is 0 Å². The topological polar surface area (TPSA) is 33.3 Å². The number of nitrogens with one attached hydrogen (secondary N) is 2. The molecule has 2 N–H and O–H groups in total. The highest BCUT2D eigenvalue weighted by Crippen LogP contribution is 2.29. The van der Waals surface area contributed by atoms with Gasteiger partial charge in [-0.05, 0) is 52.4 Å². The molecule has 2 aromatic rings. The predicted octanol–water partition coefficient (Wildman–Crippen LogP) is 5.17. The Morgan fingerprint density at radius 2 is 1.95 bits per heavy atom. The minimum Gasteiger partial charge on any atom is -0.497 e. The Bertz CT molecular complexity index is 659. The highest BCUT2D eigenvalue weighted by Gasteiger charge is 2.10. The number of anilines is 2. The van der Waals surface area contributed by atoms with Crippen LogP contribution in [0.15, 0.2) is 45.3 Å². The van der Waals surface area contributed by atoms with Crippen molar-refractivity contribution in [2.75, 3.05) is 17.7 Å². The van der Waals surface area contributed by atoms with Gasteiger partial charge in [-0.15, -0.1) is 0 Å². The van der Waals surface area contributed by atoms with Crippen LogP contribution in [0.25, 0.3) is 0 Å².